The number of para-hydroxylation sites is 2. The Bertz CT molecular complexity index is 717. The monoisotopic (exact) mass is 431 g/mol. The number of nitrogens with one attached hydrogen (secondary N) is 1. The van der Waals surface area contributed by atoms with E-state index in [4.69, 9.17) is 14.2 Å². The summed E-state index contributed by atoms with van der Waals surface area (Å²) in [6, 6.07) is 7.75. The molecule has 0 bridgehead atoms. The molecule has 2 heterocycles. The number of carbonyl (C=O) groups is 1. The summed E-state index contributed by atoms with van der Waals surface area (Å²) in [7, 11) is 0. The zero-order valence-corrected chi connectivity index (χ0v) is 18.8. The predicted molar refractivity (Wildman–Crippen MR) is 120 cm³/mol. The molecular formula is C24H37N3O4. The molecule has 1 aromatic rings. The maximum absolute atomic E-state index is 12.9. The minimum atomic E-state index is -0.0688. The van der Waals surface area contributed by atoms with Crippen LogP contribution in [0.2, 0.25) is 0 Å². The zero-order chi connectivity index (χ0) is 21.5. The quantitative estimate of drug-likeness (QED) is 0.682. The van der Waals surface area contributed by atoms with E-state index in [2.05, 4.69) is 22.0 Å². The molecule has 2 fully saturated rings. The number of amides is 1. The number of nitrogens with zero attached hydrogens (tertiary/aromatic N) is 2. The van der Waals surface area contributed by atoms with Gasteiger partial charge in [0.25, 0.3) is 0 Å². The first-order valence-corrected chi connectivity index (χ1v) is 11.9. The maximum Gasteiger partial charge on any atom is 0.234 e. The third-order valence-electron chi connectivity index (χ3n) is 6.92. The fourth-order valence-electron chi connectivity index (χ4n) is 5.12. The van der Waals surface area contributed by atoms with Gasteiger partial charge in [0.1, 0.15) is 12.7 Å². The van der Waals surface area contributed by atoms with E-state index >= 15 is 0 Å². The van der Waals surface area contributed by atoms with Crippen LogP contribution >= 0.6 is 0 Å². The Hall–Kier alpha value is -1.83. The van der Waals surface area contributed by atoms with Crippen molar-refractivity contribution in [1.82, 2.24) is 15.1 Å². The molecule has 1 amide bonds. The van der Waals surface area contributed by atoms with Gasteiger partial charge in [-0.25, -0.2) is 0 Å². The van der Waals surface area contributed by atoms with E-state index in [0.717, 1.165) is 63.7 Å². The Labute approximate surface area is 186 Å². The number of likely N-dealkylation sites (N-methyl/N-ethyl adjacent to an activating group) is 1. The van der Waals surface area contributed by atoms with E-state index in [1.807, 2.05) is 24.3 Å². The highest BCUT2D eigenvalue weighted by Gasteiger charge is 2.38. The molecule has 4 rings (SSSR count). The fraction of sp³-hybridized carbons (Fsp3) is 0.708. The van der Waals surface area contributed by atoms with Gasteiger partial charge < -0.3 is 19.5 Å². The minimum Gasteiger partial charge on any atom is -0.486 e. The highest BCUT2D eigenvalue weighted by Crippen LogP contribution is 2.34. The predicted octanol–water partition coefficient (Wildman–Crippen LogP) is 2.30. The summed E-state index contributed by atoms with van der Waals surface area (Å²) < 4.78 is 17.5. The summed E-state index contributed by atoms with van der Waals surface area (Å²) in [4.78, 5) is 17.6. The van der Waals surface area contributed by atoms with Crippen LogP contribution in [0.5, 0.6) is 11.5 Å². The van der Waals surface area contributed by atoms with Gasteiger partial charge in [0.15, 0.2) is 11.5 Å². The average molecular weight is 432 g/mol. The Kier molecular flexibility index (Phi) is 7.69. The summed E-state index contributed by atoms with van der Waals surface area (Å²) in [6.07, 6.45) is 6.05. The van der Waals surface area contributed by atoms with Crippen LogP contribution in [0.3, 0.4) is 0 Å². The van der Waals surface area contributed by atoms with Crippen LogP contribution in [0.4, 0.5) is 0 Å². The van der Waals surface area contributed by atoms with E-state index in [-0.39, 0.29) is 17.6 Å². The van der Waals surface area contributed by atoms with Gasteiger partial charge in [-0.3, -0.25) is 14.6 Å². The number of benzene rings is 1. The molecule has 2 aliphatic heterocycles. The molecule has 7 nitrogen and oxygen atoms in total. The molecule has 3 aliphatic rings. The number of ether oxygens (including phenoxy) is 3. The Balaban J connectivity index is 1.28. The summed E-state index contributed by atoms with van der Waals surface area (Å²) in [5, 5.41) is 3.27. The van der Waals surface area contributed by atoms with Crippen molar-refractivity contribution >= 4 is 5.91 Å². The molecular weight excluding hydrogens is 394 g/mol. The lowest BCUT2D eigenvalue weighted by molar-refractivity contribution is -0.123. The van der Waals surface area contributed by atoms with E-state index in [0.29, 0.717) is 19.7 Å². The normalized spacial score (nSPS) is 23.5. The second kappa shape index (κ2) is 10.7. The first kappa shape index (κ1) is 22.4. The molecule has 0 radical (unpaired) electrons. The first-order valence-electron chi connectivity index (χ1n) is 11.9. The lowest BCUT2D eigenvalue weighted by atomic mass is 9.79. The lowest BCUT2D eigenvalue weighted by Crippen LogP contribution is -2.60. The van der Waals surface area contributed by atoms with Crippen LogP contribution in [0.1, 0.15) is 39.0 Å². The van der Waals surface area contributed by atoms with Crippen LogP contribution in [0.15, 0.2) is 24.3 Å². The molecule has 172 valence electrons. The zero-order valence-electron chi connectivity index (χ0n) is 18.8. The highest BCUT2D eigenvalue weighted by atomic mass is 16.6. The second-order valence-corrected chi connectivity index (χ2v) is 8.99. The average Bonchev–Trinajstić information content (AvgIpc) is 2.83. The number of fused-ring (bicyclic) bond motifs is 1. The third kappa shape index (κ3) is 5.70. The van der Waals surface area contributed by atoms with Crippen molar-refractivity contribution in [3.05, 3.63) is 24.3 Å². The van der Waals surface area contributed by atoms with Gasteiger partial charge in [0, 0.05) is 31.7 Å². The van der Waals surface area contributed by atoms with Crippen LogP contribution in [0.25, 0.3) is 0 Å². The van der Waals surface area contributed by atoms with Crippen LogP contribution in [-0.4, -0.2) is 86.4 Å². The molecule has 0 spiro atoms. The second-order valence-electron chi connectivity index (χ2n) is 8.99. The molecule has 0 aromatic heterocycles. The minimum absolute atomic E-state index is 0.0688. The molecule has 31 heavy (non-hydrogen) atoms. The van der Waals surface area contributed by atoms with Crippen LogP contribution in [-0.2, 0) is 9.53 Å². The summed E-state index contributed by atoms with van der Waals surface area (Å²) in [5.41, 5.74) is 0.0960. The highest BCUT2D eigenvalue weighted by molar-refractivity contribution is 5.78. The molecule has 1 atom stereocenters. The number of hydrogen-bond donors (Lipinski definition) is 1. The van der Waals surface area contributed by atoms with Gasteiger partial charge in [-0.15, -0.1) is 0 Å². The summed E-state index contributed by atoms with van der Waals surface area (Å²) >= 11 is 0. The van der Waals surface area contributed by atoms with E-state index in [1.54, 1.807) is 0 Å². The van der Waals surface area contributed by atoms with Crippen molar-refractivity contribution in [2.24, 2.45) is 0 Å². The van der Waals surface area contributed by atoms with Gasteiger partial charge in [-0.2, -0.15) is 0 Å². The Morgan fingerprint density at radius 3 is 2.65 bits per heavy atom. The molecule has 1 saturated carbocycles. The van der Waals surface area contributed by atoms with Crippen molar-refractivity contribution < 1.29 is 19.0 Å². The lowest BCUT2D eigenvalue weighted by Gasteiger charge is -2.48. The van der Waals surface area contributed by atoms with Crippen molar-refractivity contribution in [2.75, 3.05) is 59.1 Å². The molecule has 7 heteroatoms. The van der Waals surface area contributed by atoms with E-state index in [1.165, 1.54) is 19.3 Å². The number of morpholine rings is 1. The summed E-state index contributed by atoms with van der Waals surface area (Å²) in [6.45, 7) is 8.72. The molecule has 0 unspecified atom stereocenters. The van der Waals surface area contributed by atoms with Gasteiger partial charge in [0.05, 0.1) is 19.8 Å². The largest absolute Gasteiger partial charge is 0.486 e. The van der Waals surface area contributed by atoms with Crippen molar-refractivity contribution in [3.63, 3.8) is 0 Å². The number of carbonyl (C=O) groups excluding carboxylic acids is 1. The molecule has 1 aromatic carbocycles. The Morgan fingerprint density at radius 1 is 1.16 bits per heavy atom. The van der Waals surface area contributed by atoms with Gasteiger partial charge in [-0.1, -0.05) is 38.3 Å². The maximum atomic E-state index is 12.9. The van der Waals surface area contributed by atoms with Crippen molar-refractivity contribution in [1.29, 1.82) is 0 Å². The van der Waals surface area contributed by atoms with Gasteiger partial charge in [0.2, 0.25) is 5.91 Å². The Morgan fingerprint density at radius 2 is 1.90 bits per heavy atom. The van der Waals surface area contributed by atoms with Gasteiger partial charge in [-0.05, 0) is 31.5 Å². The van der Waals surface area contributed by atoms with Gasteiger partial charge >= 0.3 is 0 Å². The number of rotatable bonds is 8. The molecule has 1 saturated heterocycles. The first-order chi connectivity index (χ1) is 15.2. The third-order valence-corrected chi connectivity index (χ3v) is 6.92. The smallest absolute Gasteiger partial charge is 0.234 e. The number of hydrogen-bond acceptors (Lipinski definition) is 6. The van der Waals surface area contributed by atoms with Crippen molar-refractivity contribution in [3.8, 4) is 11.5 Å². The standard InChI is InChI=1S/C24H37N3O4/c1-2-26(16-20-18-30-21-8-4-5-9-22(21)31-20)17-23(28)25-19-24(10-6-3-7-11-24)27-12-14-29-15-13-27/h4-5,8-9,20H,2-3,6-7,10-19H2,1H3,(H,25,28)/t20-/m1/s1. The van der Waals surface area contributed by atoms with E-state index < -0.39 is 0 Å². The summed E-state index contributed by atoms with van der Waals surface area (Å²) in [5.74, 6) is 1.67. The van der Waals surface area contributed by atoms with E-state index in [9.17, 15) is 4.79 Å². The fourth-order valence-corrected chi connectivity index (χ4v) is 5.12. The van der Waals surface area contributed by atoms with Crippen LogP contribution < -0.4 is 14.8 Å². The topological polar surface area (TPSA) is 63.3 Å². The molecule has 1 N–H and O–H groups in total. The van der Waals surface area contributed by atoms with Crippen LogP contribution in [0, 0.1) is 0 Å². The van der Waals surface area contributed by atoms with Crippen molar-refractivity contribution in [2.45, 2.75) is 50.7 Å². The molecule has 1 aliphatic carbocycles. The SMILES string of the molecule is CCN(CC(=O)NCC1(N2CCOCC2)CCCCC1)C[C@@H]1COc2ccccc2O1.